The summed E-state index contributed by atoms with van der Waals surface area (Å²) in [4.78, 5) is 23.9. The second-order valence-electron chi connectivity index (χ2n) is 5.46. The zero-order valence-corrected chi connectivity index (χ0v) is 15.8. The number of carbonyl (C=O) groups is 2. The van der Waals surface area contributed by atoms with Gasteiger partial charge in [0.2, 0.25) is 10.0 Å². The Bertz CT molecular complexity index is 911. The molecule has 144 valence electrons. The Labute approximate surface area is 158 Å². The van der Waals surface area contributed by atoms with Gasteiger partial charge < -0.3 is 10.1 Å². The summed E-state index contributed by atoms with van der Waals surface area (Å²) in [5.41, 5.74) is 1.57. The minimum atomic E-state index is -3.49. The summed E-state index contributed by atoms with van der Waals surface area (Å²) in [6, 6.07) is 12.6. The fraction of sp³-hybridized carbons (Fsp3) is 0.222. The van der Waals surface area contributed by atoms with E-state index < -0.39 is 16.1 Å². The molecule has 0 bridgehead atoms. The smallest absolute Gasteiger partial charge is 0.411 e. The maximum absolute atomic E-state index is 12.3. The van der Waals surface area contributed by atoms with Gasteiger partial charge in [0.05, 0.1) is 11.5 Å². The molecule has 0 atom stereocenters. The molecular formula is C18H21N3O5S. The highest BCUT2D eigenvalue weighted by Crippen LogP contribution is 2.12. The third-order valence-corrected chi connectivity index (χ3v) is 5.03. The molecule has 27 heavy (non-hydrogen) atoms. The van der Waals surface area contributed by atoms with Gasteiger partial charge in [-0.05, 0) is 49.9 Å². The Balaban J connectivity index is 1.98. The third-order valence-electron chi connectivity index (χ3n) is 3.60. The van der Waals surface area contributed by atoms with E-state index in [1.807, 2.05) is 0 Å². The predicted octanol–water partition coefficient (Wildman–Crippen LogP) is 2.09. The van der Waals surface area contributed by atoms with E-state index in [0.717, 1.165) is 5.56 Å². The number of ether oxygens (including phenoxy) is 1. The average molecular weight is 391 g/mol. The third kappa shape index (κ3) is 5.80. The van der Waals surface area contributed by atoms with E-state index in [4.69, 9.17) is 4.74 Å². The highest BCUT2D eigenvalue weighted by atomic mass is 32.2. The standard InChI is InChI=1S/C18H21N3O5S/c1-3-26-18(23)21-15-6-4-5-14(11-15)17(22)20-12-13-7-9-16(10-8-13)27(24,25)19-2/h4-11,19H,3,12H2,1-2H3,(H,20,22)(H,21,23). The van der Waals surface area contributed by atoms with Crippen LogP contribution in [-0.2, 0) is 21.3 Å². The molecule has 9 heteroatoms. The Kier molecular flexibility index (Phi) is 6.91. The van der Waals surface area contributed by atoms with Crippen molar-refractivity contribution in [3.8, 4) is 0 Å². The predicted molar refractivity (Wildman–Crippen MR) is 101 cm³/mol. The van der Waals surface area contributed by atoms with Gasteiger partial charge in [-0.15, -0.1) is 0 Å². The number of carbonyl (C=O) groups excluding carboxylic acids is 2. The molecule has 3 N–H and O–H groups in total. The first-order chi connectivity index (χ1) is 12.9. The molecule has 0 aliphatic carbocycles. The van der Waals surface area contributed by atoms with Gasteiger partial charge in [0, 0.05) is 17.8 Å². The minimum Gasteiger partial charge on any atom is -0.450 e. The monoisotopic (exact) mass is 391 g/mol. The molecule has 8 nitrogen and oxygen atoms in total. The Morgan fingerprint density at radius 2 is 1.78 bits per heavy atom. The molecule has 0 aliphatic heterocycles. The molecular weight excluding hydrogens is 370 g/mol. The van der Waals surface area contributed by atoms with Crippen LogP contribution in [0.5, 0.6) is 0 Å². The number of anilines is 1. The van der Waals surface area contributed by atoms with Crippen LogP contribution in [0.15, 0.2) is 53.4 Å². The number of benzene rings is 2. The summed E-state index contributed by atoms with van der Waals surface area (Å²) < 4.78 is 30.4. The summed E-state index contributed by atoms with van der Waals surface area (Å²) in [6.07, 6.45) is -0.591. The quantitative estimate of drug-likeness (QED) is 0.669. The first-order valence-electron chi connectivity index (χ1n) is 8.20. The van der Waals surface area contributed by atoms with Crippen molar-refractivity contribution in [2.24, 2.45) is 0 Å². The summed E-state index contributed by atoms with van der Waals surface area (Å²) in [5.74, 6) is -0.325. The maximum atomic E-state index is 12.3. The molecule has 2 rings (SSSR count). The van der Waals surface area contributed by atoms with Crippen LogP contribution in [0.25, 0.3) is 0 Å². The fourth-order valence-electron chi connectivity index (χ4n) is 2.21. The molecule has 0 aromatic heterocycles. The lowest BCUT2D eigenvalue weighted by atomic mass is 10.1. The van der Waals surface area contributed by atoms with Gasteiger partial charge in [0.15, 0.2) is 0 Å². The lowest BCUT2D eigenvalue weighted by Gasteiger charge is -2.09. The van der Waals surface area contributed by atoms with Crippen LogP contribution >= 0.6 is 0 Å². The molecule has 2 amide bonds. The highest BCUT2D eigenvalue weighted by molar-refractivity contribution is 7.89. The van der Waals surface area contributed by atoms with Gasteiger partial charge in [-0.25, -0.2) is 17.9 Å². The molecule has 0 radical (unpaired) electrons. The van der Waals surface area contributed by atoms with Crippen molar-refractivity contribution in [2.45, 2.75) is 18.4 Å². The van der Waals surface area contributed by atoms with Crippen LogP contribution in [0.1, 0.15) is 22.8 Å². The second-order valence-corrected chi connectivity index (χ2v) is 7.35. The number of hydrogen-bond acceptors (Lipinski definition) is 5. The van der Waals surface area contributed by atoms with Crippen LogP contribution < -0.4 is 15.4 Å². The Morgan fingerprint density at radius 3 is 2.41 bits per heavy atom. The van der Waals surface area contributed by atoms with Crippen LogP contribution in [0.4, 0.5) is 10.5 Å². The number of rotatable bonds is 7. The molecule has 0 aliphatic rings. The number of nitrogens with one attached hydrogen (secondary N) is 3. The topological polar surface area (TPSA) is 114 Å². The van der Waals surface area contributed by atoms with Crippen LogP contribution in [-0.4, -0.2) is 34.1 Å². The van der Waals surface area contributed by atoms with E-state index in [2.05, 4.69) is 15.4 Å². The summed E-state index contributed by atoms with van der Waals surface area (Å²) >= 11 is 0. The maximum Gasteiger partial charge on any atom is 0.411 e. The number of sulfonamides is 1. The summed E-state index contributed by atoms with van der Waals surface area (Å²) in [7, 11) is -2.15. The van der Waals surface area contributed by atoms with Gasteiger partial charge in [0.25, 0.3) is 5.91 Å². The molecule has 0 saturated heterocycles. The highest BCUT2D eigenvalue weighted by Gasteiger charge is 2.11. The van der Waals surface area contributed by atoms with Gasteiger partial charge in [-0.3, -0.25) is 10.1 Å². The molecule has 2 aromatic rings. The van der Waals surface area contributed by atoms with Crippen LogP contribution in [0, 0.1) is 0 Å². The Hall–Kier alpha value is -2.91. The van der Waals surface area contributed by atoms with Gasteiger partial charge >= 0.3 is 6.09 Å². The molecule has 0 heterocycles. The van der Waals surface area contributed by atoms with E-state index in [9.17, 15) is 18.0 Å². The van der Waals surface area contributed by atoms with E-state index in [1.54, 1.807) is 37.3 Å². The van der Waals surface area contributed by atoms with Crippen molar-refractivity contribution in [3.05, 3.63) is 59.7 Å². The molecule has 0 unspecified atom stereocenters. The van der Waals surface area contributed by atoms with E-state index >= 15 is 0 Å². The van der Waals surface area contributed by atoms with Gasteiger partial charge in [-0.2, -0.15) is 0 Å². The average Bonchev–Trinajstić information content (AvgIpc) is 2.66. The first-order valence-corrected chi connectivity index (χ1v) is 9.68. The molecule has 0 fully saturated rings. The van der Waals surface area contributed by atoms with Crippen molar-refractivity contribution >= 4 is 27.7 Å². The van der Waals surface area contributed by atoms with Crippen molar-refractivity contribution in [3.63, 3.8) is 0 Å². The van der Waals surface area contributed by atoms with Crippen molar-refractivity contribution < 1.29 is 22.7 Å². The van der Waals surface area contributed by atoms with Gasteiger partial charge in [0.1, 0.15) is 0 Å². The molecule has 2 aromatic carbocycles. The Morgan fingerprint density at radius 1 is 1.07 bits per heavy atom. The summed E-state index contributed by atoms with van der Waals surface area (Å²) in [6.45, 7) is 2.18. The summed E-state index contributed by atoms with van der Waals surface area (Å²) in [5, 5.41) is 5.28. The molecule has 0 spiro atoms. The minimum absolute atomic E-state index is 0.151. The largest absolute Gasteiger partial charge is 0.450 e. The van der Waals surface area contributed by atoms with E-state index in [1.165, 1.54) is 25.2 Å². The first kappa shape index (κ1) is 20.4. The van der Waals surface area contributed by atoms with E-state index in [0.29, 0.717) is 11.3 Å². The molecule has 0 saturated carbocycles. The SMILES string of the molecule is CCOC(=O)Nc1cccc(C(=O)NCc2ccc(S(=O)(=O)NC)cc2)c1. The normalized spacial score (nSPS) is 10.9. The zero-order valence-electron chi connectivity index (χ0n) is 15.0. The zero-order chi connectivity index (χ0) is 19.9. The van der Waals surface area contributed by atoms with Crippen LogP contribution in [0.2, 0.25) is 0 Å². The van der Waals surface area contributed by atoms with Crippen LogP contribution in [0.3, 0.4) is 0 Å². The number of hydrogen-bond donors (Lipinski definition) is 3. The van der Waals surface area contributed by atoms with Crippen molar-refractivity contribution in [1.82, 2.24) is 10.0 Å². The van der Waals surface area contributed by atoms with Crippen molar-refractivity contribution in [1.29, 1.82) is 0 Å². The number of amides is 2. The van der Waals surface area contributed by atoms with Gasteiger partial charge in [-0.1, -0.05) is 18.2 Å². The lowest BCUT2D eigenvalue weighted by molar-refractivity contribution is 0.0950. The van der Waals surface area contributed by atoms with Crippen molar-refractivity contribution in [2.75, 3.05) is 19.0 Å². The lowest BCUT2D eigenvalue weighted by Crippen LogP contribution is -2.23. The second kappa shape index (κ2) is 9.15. The van der Waals surface area contributed by atoms with E-state index in [-0.39, 0.29) is 24.0 Å². The fourth-order valence-corrected chi connectivity index (χ4v) is 2.94.